The monoisotopic (exact) mass is 197 g/mol. The maximum absolute atomic E-state index is 9.82. The van der Waals surface area contributed by atoms with E-state index >= 15 is 0 Å². The number of likely N-dealkylation sites (tertiary alicyclic amines) is 1. The molecule has 72 valence electrons. The second-order valence-corrected chi connectivity index (χ2v) is 4.69. The molecule has 1 saturated heterocycles. The third-order valence-corrected chi connectivity index (χ3v) is 2.88. The molecular formula is C10H15NOS. The normalized spacial score (nSPS) is 26.0. The van der Waals surface area contributed by atoms with Crippen LogP contribution in [-0.2, 0) is 0 Å². The molecule has 0 atom stereocenters. The van der Waals surface area contributed by atoms with Crippen LogP contribution < -0.4 is 0 Å². The van der Waals surface area contributed by atoms with Gasteiger partial charge in [-0.1, -0.05) is 17.7 Å². The standard InChI is InChI=1S/C10H15NOS/c1-13-5-4-10(12)7-11(8-10)6-9-2-3-9/h9,12H,2-3,6-8H2,1H3. The van der Waals surface area contributed by atoms with E-state index in [2.05, 4.69) is 16.1 Å². The highest BCUT2D eigenvalue weighted by Crippen LogP contribution is 2.32. The summed E-state index contributed by atoms with van der Waals surface area (Å²) in [6.45, 7) is 2.66. The molecule has 0 aromatic heterocycles. The summed E-state index contributed by atoms with van der Waals surface area (Å²) in [4.78, 5) is 2.30. The van der Waals surface area contributed by atoms with E-state index in [0.717, 1.165) is 19.0 Å². The highest BCUT2D eigenvalue weighted by Gasteiger charge is 2.41. The van der Waals surface area contributed by atoms with Crippen LogP contribution >= 0.6 is 11.8 Å². The van der Waals surface area contributed by atoms with Gasteiger partial charge < -0.3 is 5.11 Å². The van der Waals surface area contributed by atoms with Crippen molar-refractivity contribution in [2.45, 2.75) is 18.4 Å². The fraction of sp³-hybridized carbons (Fsp3) is 0.800. The fourth-order valence-corrected chi connectivity index (χ4v) is 2.01. The molecule has 0 amide bonds. The first-order valence-electron chi connectivity index (χ1n) is 4.72. The highest BCUT2D eigenvalue weighted by molar-refractivity contribution is 8.03. The van der Waals surface area contributed by atoms with Crippen LogP contribution in [0, 0.1) is 17.1 Å². The maximum Gasteiger partial charge on any atom is 0.151 e. The Balaban J connectivity index is 1.74. The van der Waals surface area contributed by atoms with Gasteiger partial charge in [0, 0.05) is 19.6 Å². The van der Waals surface area contributed by atoms with Crippen LogP contribution in [0.2, 0.25) is 0 Å². The molecule has 3 heteroatoms. The van der Waals surface area contributed by atoms with Crippen LogP contribution in [0.15, 0.2) is 0 Å². The number of hydrogen-bond donors (Lipinski definition) is 1. The summed E-state index contributed by atoms with van der Waals surface area (Å²) in [6, 6.07) is 0. The van der Waals surface area contributed by atoms with E-state index in [1.165, 1.54) is 31.1 Å². The van der Waals surface area contributed by atoms with Crippen LogP contribution in [0.25, 0.3) is 0 Å². The Hall–Kier alpha value is -0.170. The molecule has 2 aliphatic rings. The molecule has 0 radical (unpaired) electrons. The van der Waals surface area contributed by atoms with E-state index in [0.29, 0.717) is 0 Å². The summed E-state index contributed by atoms with van der Waals surface area (Å²) >= 11 is 1.47. The van der Waals surface area contributed by atoms with Crippen molar-refractivity contribution >= 4 is 11.8 Å². The molecule has 2 nitrogen and oxygen atoms in total. The molecular weight excluding hydrogens is 182 g/mol. The summed E-state index contributed by atoms with van der Waals surface area (Å²) in [5.41, 5.74) is -0.697. The van der Waals surface area contributed by atoms with Gasteiger partial charge in [0.05, 0.1) is 0 Å². The Morgan fingerprint density at radius 2 is 2.23 bits per heavy atom. The van der Waals surface area contributed by atoms with Gasteiger partial charge in [0.1, 0.15) is 0 Å². The van der Waals surface area contributed by atoms with Gasteiger partial charge >= 0.3 is 0 Å². The molecule has 13 heavy (non-hydrogen) atoms. The van der Waals surface area contributed by atoms with Crippen molar-refractivity contribution in [1.82, 2.24) is 4.90 Å². The third kappa shape index (κ3) is 2.40. The summed E-state index contributed by atoms with van der Waals surface area (Å²) in [7, 11) is 0. The van der Waals surface area contributed by atoms with Crippen molar-refractivity contribution in [3.63, 3.8) is 0 Å². The molecule has 0 aromatic rings. The number of aliphatic hydroxyl groups is 1. The first-order valence-corrected chi connectivity index (χ1v) is 5.94. The van der Waals surface area contributed by atoms with Crippen molar-refractivity contribution in [2.24, 2.45) is 5.92 Å². The Labute approximate surface area is 83.7 Å². The molecule has 1 heterocycles. The number of nitrogens with zero attached hydrogens (tertiary/aromatic N) is 1. The number of thioether (sulfide) groups is 1. The van der Waals surface area contributed by atoms with Crippen LogP contribution in [0.1, 0.15) is 12.8 Å². The first-order chi connectivity index (χ1) is 6.22. The Bertz CT molecular complexity index is 245. The lowest BCUT2D eigenvalue weighted by Gasteiger charge is -2.43. The second kappa shape index (κ2) is 3.53. The topological polar surface area (TPSA) is 23.5 Å². The van der Waals surface area contributed by atoms with Crippen molar-refractivity contribution in [1.29, 1.82) is 0 Å². The SMILES string of the molecule is CSC#CC1(O)CN(CC2CC2)C1. The third-order valence-electron chi connectivity index (χ3n) is 2.57. The van der Waals surface area contributed by atoms with Gasteiger partial charge in [-0.05, 0) is 30.3 Å². The smallest absolute Gasteiger partial charge is 0.151 e. The lowest BCUT2D eigenvalue weighted by atomic mass is 9.95. The zero-order valence-corrected chi connectivity index (χ0v) is 8.73. The van der Waals surface area contributed by atoms with Crippen LogP contribution in [0.4, 0.5) is 0 Å². The van der Waals surface area contributed by atoms with Crippen molar-refractivity contribution in [3.05, 3.63) is 0 Å². The summed E-state index contributed by atoms with van der Waals surface area (Å²) in [6.07, 6.45) is 4.69. The highest BCUT2D eigenvalue weighted by atomic mass is 32.2. The predicted octanol–water partition coefficient (Wildman–Crippen LogP) is 0.767. The lowest BCUT2D eigenvalue weighted by molar-refractivity contribution is -0.0547. The zero-order valence-electron chi connectivity index (χ0n) is 7.92. The molecule has 1 aliphatic carbocycles. The van der Waals surface area contributed by atoms with Gasteiger partial charge in [0.15, 0.2) is 5.60 Å². The molecule has 0 bridgehead atoms. The minimum absolute atomic E-state index is 0.697. The summed E-state index contributed by atoms with van der Waals surface area (Å²) in [5, 5.41) is 12.7. The van der Waals surface area contributed by atoms with E-state index < -0.39 is 5.60 Å². The van der Waals surface area contributed by atoms with Gasteiger partial charge in [-0.25, -0.2) is 0 Å². The predicted molar refractivity (Wildman–Crippen MR) is 55.4 cm³/mol. The van der Waals surface area contributed by atoms with Gasteiger partial charge in [0.25, 0.3) is 0 Å². The quantitative estimate of drug-likeness (QED) is 0.661. The second-order valence-electron chi connectivity index (χ2n) is 4.08. The molecule has 2 rings (SSSR count). The van der Waals surface area contributed by atoms with Crippen molar-refractivity contribution < 1.29 is 5.11 Å². The van der Waals surface area contributed by atoms with E-state index in [-0.39, 0.29) is 0 Å². The molecule has 2 fully saturated rings. The number of β-amino-alcohol motifs (C(OH)–C–C–N with tert-alkyl or cyclic N) is 1. The van der Waals surface area contributed by atoms with Crippen molar-refractivity contribution in [2.75, 3.05) is 25.9 Å². The average molecular weight is 197 g/mol. The molecule has 1 saturated carbocycles. The summed E-state index contributed by atoms with van der Waals surface area (Å²) < 4.78 is 0. The molecule has 0 spiro atoms. The van der Waals surface area contributed by atoms with Gasteiger partial charge in [-0.2, -0.15) is 0 Å². The molecule has 0 unspecified atom stereocenters. The number of rotatable bonds is 2. The van der Waals surface area contributed by atoms with E-state index in [4.69, 9.17) is 0 Å². The maximum atomic E-state index is 9.82. The van der Waals surface area contributed by atoms with Gasteiger partial charge in [-0.15, -0.1) is 0 Å². The molecule has 0 aromatic carbocycles. The molecule has 1 N–H and O–H groups in total. The minimum atomic E-state index is -0.697. The van der Waals surface area contributed by atoms with Crippen LogP contribution in [-0.4, -0.2) is 41.5 Å². The number of hydrogen-bond acceptors (Lipinski definition) is 3. The van der Waals surface area contributed by atoms with E-state index in [1.54, 1.807) is 0 Å². The lowest BCUT2D eigenvalue weighted by Crippen LogP contribution is -2.61. The zero-order chi connectivity index (χ0) is 9.31. The van der Waals surface area contributed by atoms with E-state index in [1.807, 2.05) is 6.26 Å². The largest absolute Gasteiger partial charge is 0.375 e. The van der Waals surface area contributed by atoms with Crippen LogP contribution in [0.3, 0.4) is 0 Å². The van der Waals surface area contributed by atoms with Crippen molar-refractivity contribution in [3.8, 4) is 11.2 Å². The Morgan fingerprint density at radius 3 is 2.77 bits per heavy atom. The fourth-order valence-electron chi connectivity index (χ4n) is 1.71. The minimum Gasteiger partial charge on any atom is -0.375 e. The Morgan fingerprint density at radius 1 is 1.54 bits per heavy atom. The molecule has 1 aliphatic heterocycles. The van der Waals surface area contributed by atoms with Gasteiger partial charge in [-0.3, -0.25) is 4.90 Å². The first kappa shape index (κ1) is 9.39. The Kier molecular flexibility index (Phi) is 2.55. The summed E-state index contributed by atoms with van der Waals surface area (Å²) in [5.74, 6) is 3.81. The average Bonchev–Trinajstić information content (AvgIpc) is 2.82. The van der Waals surface area contributed by atoms with Gasteiger partial charge in [0.2, 0.25) is 0 Å². The van der Waals surface area contributed by atoms with E-state index in [9.17, 15) is 5.11 Å². The van der Waals surface area contributed by atoms with Crippen LogP contribution in [0.5, 0.6) is 0 Å².